The third kappa shape index (κ3) is 5.11. The number of rotatable bonds is 8. The number of benzene rings is 1. The van der Waals surface area contributed by atoms with E-state index in [1.54, 1.807) is 19.1 Å². The molecule has 0 bridgehead atoms. The van der Waals surface area contributed by atoms with Crippen molar-refractivity contribution >= 4 is 17.7 Å². The normalized spacial score (nSPS) is 22.5. The third-order valence-corrected chi connectivity index (χ3v) is 5.98. The number of ether oxygens (including phenoxy) is 3. The fourth-order valence-electron chi connectivity index (χ4n) is 4.51. The molecule has 0 saturated carbocycles. The van der Waals surface area contributed by atoms with Gasteiger partial charge in [0.15, 0.2) is 5.78 Å². The molecule has 0 spiro atoms. The summed E-state index contributed by atoms with van der Waals surface area (Å²) in [4.78, 5) is 39.2. The number of phenolic OH excluding ortho intramolecular Hbond substituents is 1. The van der Waals surface area contributed by atoms with Crippen LogP contribution in [0.15, 0.2) is 46.8 Å². The minimum absolute atomic E-state index is 0.00710. The van der Waals surface area contributed by atoms with Crippen LogP contribution in [0.5, 0.6) is 5.75 Å². The van der Waals surface area contributed by atoms with E-state index in [1.165, 1.54) is 19.2 Å². The molecule has 1 aliphatic carbocycles. The van der Waals surface area contributed by atoms with Crippen molar-refractivity contribution in [2.24, 2.45) is 11.8 Å². The number of esters is 2. The molecule has 8 heteroatoms. The average molecular weight is 458 g/mol. The van der Waals surface area contributed by atoms with E-state index in [4.69, 9.17) is 14.2 Å². The van der Waals surface area contributed by atoms with E-state index >= 15 is 0 Å². The average Bonchev–Trinajstić information content (AvgIpc) is 2.77. The number of aromatic hydroxyl groups is 1. The van der Waals surface area contributed by atoms with Crippen LogP contribution in [0.25, 0.3) is 0 Å². The van der Waals surface area contributed by atoms with Crippen LogP contribution in [0.4, 0.5) is 0 Å². The van der Waals surface area contributed by atoms with Crippen LogP contribution in [0.3, 0.4) is 0 Å². The zero-order valence-electron chi connectivity index (χ0n) is 19.5. The summed E-state index contributed by atoms with van der Waals surface area (Å²) < 4.78 is 15.7. The van der Waals surface area contributed by atoms with Gasteiger partial charge in [0.05, 0.1) is 19.3 Å². The third-order valence-electron chi connectivity index (χ3n) is 5.98. The lowest BCUT2D eigenvalue weighted by Crippen LogP contribution is -2.43. The Morgan fingerprint density at radius 1 is 1.21 bits per heavy atom. The molecule has 0 amide bonds. The van der Waals surface area contributed by atoms with Gasteiger partial charge in [-0.3, -0.25) is 9.59 Å². The highest BCUT2D eigenvalue weighted by molar-refractivity contribution is 6.12. The Kier molecular flexibility index (Phi) is 7.92. The number of hydrogen-bond donors (Lipinski definition) is 2. The van der Waals surface area contributed by atoms with E-state index in [-0.39, 0.29) is 36.2 Å². The van der Waals surface area contributed by atoms with E-state index in [1.807, 2.05) is 13.8 Å². The molecule has 2 N–H and O–H groups in total. The lowest BCUT2D eigenvalue weighted by atomic mass is 9.69. The summed E-state index contributed by atoms with van der Waals surface area (Å²) in [5.74, 6) is -3.58. The SMILES string of the molecule is CCCOCCOC(=O)C1=C(C)NC2=C(C(=O)[C@H](C(=O)OC)[C@H](C)C2)[C@H]1c1cccc(O)c1. The Balaban J connectivity index is 2.02. The van der Waals surface area contributed by atoms with Crippen LogP contribution in [0, 0.1) is 11.8 Å². The number of hydrogen-bond acceptors (Lipinski definition) is 8. The van der Waals surface area contributed by atoms with Crippen molar-refractivity contribution in [2.75, 3.05) is 26.9 Å². The van der Waals surface area contributed by atoms with Gasteiger partial charge in [0.1, 0.15) is 18.3 Å². The fourth-order valence-corrected chi connectivity index (χ4v) is 4.51. The van der Waals surface area contributed by atoms with Crippen molar-refractivity contribution in [3.63, 3.8) is 0 Å². The van der Waals surface area contributed by atoms with Gasteiger partial charge in [0, 0.05) is 29.5 Å². The van der Waals surface area contributed by atoms with Gasteiger partial charge >= 0.3 is 11.9 Å². The second kappa shape index (κ2) is 10.7. The van der Waals surface area contributed by atoms with Gasteiger partial charge in [-0.2, -0.15) is 0 Å². The molecule has 2 aliphatic rings. The molecule has 3 rings (SSSR count). The number of phenols is 1. The second-order valence-electron chi connectivity index (χ2n) is 8.38. The van der Waals surface area contributed by atoms with Gasteiger partial charge in [-0.05, 0) is 43.4 Å². The van der Waals surface area contributed by atoms with Crippen molar-refractivity contribution < 1.29 is 33.7 Å². The Morgan fingerprint density at radius 2 is 1.97 bits per heavy atom. The first-order chi connectivity index (χ1) is 15.8. The maximum atomic E-state index is 13.6. The number of carbonyl (C=O) groups is 3. The van der Waals surface area contributed by atoms with Crippen LogP contribution in [-0.2, 0) is 28.6 Å². The second-order valence-corrected chi connectivity index (χ2v) is 8.38. The Labute approximate surface area is 193 Å². The monoisotopic (exact) mass is 457 g/mol. The molecule has 178 valence electrons. The van der Waals surface area contributed by atoms with Gasteiger partial charge < -0.3 is 24.6 Å². The van der Waals surface area contributed by atoms with Crippen LogP contribution in [0.2, 0.25) is 0 Å². The van der Waals surface area contributed by atoms with Gasteiger partial charge in [-0.15, -0.1) is 0 Å². The topological polar surface area (TPSA) is 111 Å². The minimum Gasteiger partial charge on any atom is -0.508 e. The first-order valence-corrected chi connectivity index (χ1v) is 11.2. The van der Waals surface area contributed by atoms with E-state index < -0.39 is 23.8 Å². The standard InChI is InChI=1S/C25H31NO7/c1-5-9-32-10-11-33-25(30)20-15(3)26-18-12-14(2)19(24(29)31-4)23(28)22(18)21(20)16-7-6-8-17(27)13-16/h6-8,13-14,19,21,26-27H,5,9-12H2,1-4H3/t14-,19-,21+/m1/s1. The molecule has 1 aromatic rings. The predicted molar refractivity (Wildman–Crippen MR) is 120 cm³/mol. The Bertz CT molecular complexity index is 994. The molecule has 1 aromatic carbocycles. The summed E-state index contributed by atoms with van der Waals surface area (Å²) in [5.41, 5.74) is 2.39. The molecular formula is C25H31NO7. The summed E-state index contributed by atoms with van der Waals surface area (Å²) in [6, 6.07) is 6.42. The lowest BCUT2D eigenvalue weighted by molar-refractivity contribution is -0.151. The molecule has 0 aromatic heterocycles. The zero-order valence-corrected chi connectivity index (χ0v) is 19.5. The van der Waals surface area contributed by atoms with Crippen LogP contribution >= 0.6 is 0 Å². The molecule has 3 atom stereocenters. The zero-order chi connectivity index (χ0) is 24.1. The van der Waals surface area contributed by atoms with Crippen molar-refractivity contribution in [1.29, 1.82) is 0 Å². The van der Waals surface area contributed by atoms with E-state index in [0.717, 1.165) is 6.42 Å². The number of methoxy groups -OCH3 is 1. The predicted octanol–water partition coefficient (Wildman–Crippen LogP) is 2.98. The molecule has 1 heterocycles. The number of Topliss-reactive ketones (excluding diaryl/α,β-unsaturated/α-hetero) is 1. The van der Waals surface area contributed by atoms with Gasteiger partial charge in [-0.25, -0.2) is 4.79 Å². The fraction of sp³-hybridized carbons (Fsp3) is 0.480. The van der Waals surface area contributed by atoms with E-state index in [0.29, 0.717) is 35.6 Å². The largest absolute Gasteiger partial charge is 0.508 e. The van der Waals surface area contributed by atoms with Gasteiger partial charge in [0.2, 0.25) is 0 Å². The smallest absolute Gasteiger partial charge is 0.336 e. The quantitative estimate of drug-likeness (QED) is 0.348. The van der Waals surface area contributed by atoms with Crippen LogP contribution in [-0.4, -0.2) is 49.8 Å². The van der Waals surface area contributed by atoms with Gasteiger partial charge in [-0.1, -0.05) is 26.0 Å². The van der Waals surface area contributed by atoms with E-state index in [9.17, 15) is 19.5 Å². The van der Waals surface area contributed by atoms with Crippen LogP contribution in [0.1, 0.15) is 45.1 Å². The summed E-state index contributed by atoms with van der Waals surface area (Å²) in [5, 5.41) is 13.3. The lowest BCUT2D eigenvalue weighted by Gasteiger charge is -2.38. The number of ketones is 1. The summed E-state index contributed by atoms with van der Waals surface area (Å²) in [6.07, 6.45) is 1.31. The summed E-state index contributed by atoms with van der Waals surface area (Å²) in [7, 11) is 1.26. The summed E-state index contributed by atoms with van der Waals surface area (Å²) >= 11 is 0. The number of nitrogens with one attached hydrogen (secondary N) is 1. The first-order valence-electron chi connectivity index (χ1n) is 11.2. The Hall–Kier alpha value is -3.13. The van der Waals surface area contributed by atoms with Crippen molar-refractivity contribution in [1.82, 2.24) is 5.32 Å². The number of dihydropyridines is 1. The highest BCUT2D eigenvalue weighted by atomic mass is 16.6. The van der Waals surface area contributed by atoms with E-state index in [2.05, 4.69) is 5.32 Å². The van der Waals surface area contributed by atoms with Crippen molar-refractivity contribution in [2.45, 2.75) is 39.5 Å². The minimum atomic E-state index is -0.964. The molecule has 8 nitrogen and oxygen atoms in total. The van der Waals surface area contributed by atoms with Crippen LogP contribution < -0.4 is 5.32 Å². The number of carbonyl (C=O) groups excluding carboxylic acids is 3. The van der Waals surface area contributed by atoms with Crippen molar-refractivity contribution in [3.05, 3.63) is 52.4 Å². The number of allylic oxidation sites excluding steroid dienone is 3. The van der Waals surface area contributed by atoms with Gasteiger partial charge in [0.25, 0.3) is 0 Å². The maximum absolute atomic E-state index is 13.6. The van der Waals surface area contributed by atoms with Crippen molar-refractivity contribution in [3.8, 4) is 5.75 Å². The molecule has 0 fully saturated rings. The maximum Gasteiger partial charge on any atom is 0.336 e. The Morgan fingerprint density at radius 3 is 2.64 bits per heavy atom. The molecule has 0 saturated heterocycles. The summed E-state index contributed by atoms with van der Waals surface area (Å²) in [6.45, 7) is 6.49. The molecule has 0 unspecified atom stereocenters. The molecular weight excluding hydrogens is 426 g/mol. The first kappa shape index (κ1) is 24.5. The molecule has 0 radical (unpaired) electrons. The highest BCUT2D eigenvalue weighted by Gasteiger charge is 2.47. The molecule has 33 heavy (non-hydrogen) atoms. The molecule has 1 aliphatic heterocycles. The highest BCUT2D eigenvalue weighted by Crippen LogP contribution is 2.45.